The Kier molecular flexibility index (Phi) is 2.66. The smallest absolute Gasteiger partial charge is 0.335 e. The van der Waals surface area contributed by atoms with Crippen molar-refractivity contribution in [3.05, 3.63) is 23.8 Å². The van der Waals surface area contributed by atoms with Crippen molar-refractivity contribution in [1.82, 2.24) is 20.3 Å². The molecule has 2 heterocycles. The van der Waals surface area contributed by atoms with E-state index in [0.29, 0.717) is 24.0 Å². The molecule has 1 atom stereocenters. The maximum absolute atomic E-state index is 11.8. The van der Waals surface area contributed by atoms with Gasteiger partial charge in [0.1, 0.15) is 11.6 Å². The third-order valence-corrected chi connectivity index (χ3v) is 3.27. The lowest BCUT2D eigenvalue weighted by Gasteiger charge is -2.22. The normalized spacial score (nSPS) is 19.4. The van der Waals surface area contributed by atoms with Crippen LogP contribution in [0, 0.1) is 0 Å². The van der Waals surface area contributed by atoms with Crippen LogP contribution in [0.2, 0.25) is 0 Å². The molecule has 0 radical (unpaired) electrons. The average Bonchev–Trinajstić information content (AvgIpc) is 2.82. The van der Waals surface area contributed by atoms with E-state index in [9.17, 15) is 9.59 Å². The molecule has 98 valence electrons. The number of benzene rings is 1. The van der Waals surface area contributed by atoms with Crippen LogP contribution in [-0.2, 0) is 4.79 Å². The molecular formula is C12H12N4O3. The van der Waals surface area contributed by atoms with Crippen molar-refractivity contribution in [1.29, 1.82) is 0 Å². The van der Waals surface area contributed by atoms with Gasteiger partial charge in [-0.3, -0.25) is 4.79 Å². The number of carbonyl (C=O) groups is 2. The van der Waals surface area contributed by atoms with E-state index in [1.54, 1.807) is 6.07 Å². The first-order valence-electron chi connectivity index (χ1n) is 6.03. The molecule has 2 N–H and O–H groups in total. The van der Waals surface area contributed by atoms with Crippen molar-refractivity contribution in [2.24, 2.45) is 0 Å². The van der Waals surface area contributed by atoms with E-state index in [0.717, 1.165) is 6.42 Å². The third kappa shape index (κ3) is 1.92. The highest BCUT2D eigenvalue weighted by molar-refractivity contribution is 5.92. The fourth-order valence-electron chi connectivity index (χ4n) is 2.29. The third-order valence-electron chi connectivity index (χ3n) is 3.27. The molecule has 0 bridgehead atoms. The van der Waals surface area contributed by atoms with E-state index >= 15 is 0 Å². The molecule has 2 aromatic rings. The minimum atomic E-state index is -1.01. The lowest BCUT2D eigenvalue weighted by atomic mass is 10.1. The van der Waals surface area contributed by atoms with Crippen LogP contribution in [0.1, 0.15) is 29.2 Å². The number of rotatable bonds is 2. The molecule has 3 rings (SSSR count). The Bertz CT molecular complexity index is 664. The maximum atomic E-state index is 11.8. The summed E-state index contributed by atoms with van der Waals surface area (Å²) in [5.41, 5.74) is 1.32. The second-order valence-electron chi connectivity index (χ2n) is 4.49. The molecule has 1 aliphatic rings. The molecule has 0 saturated carbocycles. The monoisotopic (exact) mass is 260 g/mol. The molecule has 19 heavy (non-hydrogen) atoms. The summed E-state index contributed by atoms with van der Waals surface area (Å²) < 4.78 is 1.51. The standard InChI is InChI=1S/C12H12N4O3/c17-11-9(2-1-5-13-11)16-10-6-7(12(18)19)3-4-8(10)14-15-16/h3-4,6,9H,1-2,5H2,(H,13,17)(H,18,19). The number of aromatic carboxylic acids is 1. The van der Waals surface area contributed by atoms with Gasteiger partial charge in [-0.05, 0) is 31.0 Å². The van der Waals surface area contributed by atoms with Crippen LogP contribution < -0.4 is 5.32 Å². The van der Waals surface area contributed by atoms with E-state index < -0.39 is 12.0 Å². The number of carbonyl (C=O) groups excluding carboxylic acids is 1. The number of piperidine rings is 1. The SMILES string of the molecule is O=C(O)c1ccc2nnn(C3CCCNC3=O)c2c1. The second-order valence-corrected chi connectivity index (χ2v) is 4.49. The first-order valence-corrected chi connectivity index (χ1v) is 6.03. The number of amides is 1. The number of carboxylic acid groups (broad SMARTS) is 1. The molecule has 1 fully saturated rings. The van der Waals surface area contributed by atoms with Crippen LogP contribution in [0.15, 0.2) is 18.2 Å². The van der Waals surface area contributed by atoms with Gasteiger partial charge in [0.25, 0.3) is 0 Å². The van der Waals surface area contributed by atoms with Crippen molar-refractivity contribution in [3.8, 4) is 0 Å². The van der Waals surface area contributed by atoms with Gasteiger partial charge < -0.3 is 10.4 Å². The van der Waals surface area contributed by atoms with Crippen LogP contribution in [0.3, 0.4) is 0 Å². The van der Waals surface area contributed by atoms with Crippen LogP contribution >= 0.6 is 0 Å². The van der Waals surface area contributed by atoms with E-state index in [1.165, 1.54) is 16.8 Å². The van der Waals surface area contributed by atoms with Crippen molar-refractivity contribution in [2.45, 2.75) is 18.9 Å². The molecule has 1 unspecified atom stereocenters. The largest absolute Gasteiger partial charge is 0.478 e. The summed E-state index contributed by atoms with van der Waals surface area (Å²) in [7, 11) is 0. The number of fused-ring (bicyclic) bond motifs is 1. The van der Waals surface area contributed by atoms with E-state index in [2.05, 4.69) is 15.6 Å². The summed E-state index contributed by atoms with van der Waals surface area (Å²) in [5.74, 6) is -1.11. The Balaban J connectivity index is 2.10. The molecule has 7 nitrogen and oxygen atoms in total. The first kappa shape index (κ1) is 11.6. The molecule has 1 aliphatic heterocycles. The van der Waals surface area contributed by atoms with Crippen LogP contribution in [0.25, 0.3) is 11.0 Å². The topological polar surface area (TPSA) is 97.1 Å². The highest BCUT2D eigenvalue weighted by atomic mass is 16.4. The fraction of sp³-hybridized carbons (Fsp3) is 0.333. The molecule has 0 spiro atoms. The number of hydrogen-bond acceptors (Lipinski definition) is 4. The molecule has 1 aromatic heterocycles. The lowest BCUT2D eigenvalue weighted by molar-refractivity contribution is -0.126. The minimum Gasteiger partial charge on any atom is -0.478 e. The van der Waals surface area contributed by atoms with Gasteiger partial charge in [0.2, 0.25) is 5.91 Å². The zero-order valence-electron chi connectivity index (χ0n) is 10.0. The van der Waals surface area contributed by atoms with Crippen molar-refractivity contribution in [3.63, 3.8) is 0 Å². The Morgan fingerprint density at radius 3 is 3.05 bits per heavy atom. The Hall–Kier alpha value is -2.44. The molecule has 1 aromatic carbocycles. The minimum absolute atomic E-state index is 0.0984. The zero-order chi connectivity index (χ0) is 13.4. The molecule has 0 aliphatic carbocycles. The number of nitrogens with zero attached hydrogens (tertiary/aromatic N) is 3. The summed E-state index contributed by atoms with van der Waals surface area (Å²) in [6, 6.07) is 4.16. The van der Waals surface area contributed by atoms with Gasteiger partial charge in [-0.2, -0.15) is 0 Å². The van der Waals surface area contributed by atoms with Crippen molar-refractivity contribution in [2.75, 3.05) is 6.54 Å². The number of hydrogen-bond donors (Lipinski definition) is 2. The van der Waals surface area contributed by atoms with E-state index in [4.69, 9.17) is 5.11 Å². The van der Waals surface area contributed by atoms with Crippen molar-refractivity contribution >= 4 is 22.9 Å². The number of aromatic nitrogens is 3. The Morgan fingerprint density at radius 2 is 2.32 bits per heavy atom. The van der Waals surface area contributed by atoms with E-state index in [1.807, 2.05) is 0 Å². The molecular weight excluding hydrogens is 248 g/mol. The summed E-state index contributed by atoms with van der Waals surface area (Å²) >= 11 is 0. The maximum Gasteiger partial charge on any atom is 0.335 e. The first-order chi connectivity index (χ1) is 9.16. The highest BCUT2D eigenvalue weighted by Crippen LogP contribution is 2.22. The predicted octanol–water partition coefficient (Wildman–Crippen LogP) is 0.581. The quantitative estimate of drug-likeness (QED) is 0.823. The van der Waals surface area contributed by atoms with Gasteiger partial charge in [0, 0.05) is 6.54 Å². The van der Waals surface area contributed by atoms with Gasteiger partial charge in [-0.1, -0.05) is 5.21 Å². The van der Waals surface area contributed by atoms with Gasteiger partial charge in [-0.25, -0.2) is 9.48 Å². The van der Waals surface area contributed by atoms with Gasteiger partial charge in [0.15, 0.2) is 0 Å². The number of carboxylic acids is 1. The Labute approximate surface area is 108 Å². The van der Waals surface area contributed by atoms with Gasteiger partial charge in [-0.15, -0.1) is 5.10 Å². The summed E-state index contributed by atoms with van der Waals surface area (Å²) in [4.78, 5) is 22.8. The fourth-order valence-corrected chi connectivity index (χ4v) is 2.29. The zero-order valence-corrected chi connectivity index (χ0v) is 10.0. The lowest BCUT2D eigenvalue weighted by Crippen LogP contribution is -2.38. The second kappa shape index (κ2) is 4.34. The summed E-state index contributed by atoms with van der Waals surface area (Å²) in [6.45, 7) is 0.669. The van der Waals surface area contributed by atoms with Gasteiger partial charge in [0.05, 0.1) is 11.1 Å². The van der Waals surface area contributed by atoms with Crippen LogP contribution in [-0.4, -0.2) is 38.5 Å². The highest BCUT2D eigenvalue weighted by Gasteiger charge is 2.26. The summed E-state index contributed by atoms with van der Waals surface area (Å²) in [5, 5.41) is 19.7. The molecule has 1 saturated heterocycles. The van der Waals surface area contributed by atoms with Gasteiger partial charge >= 0.3 is 5.97 Å². The summed E-state index contributed by atoms with van der Waals surface area (Å²) in [6.07, 6.45) is 1.55. The number of nitrogens with one attached hydrogen (secondary N) is 1. The molecule has 7 heteroatoms. The van der Waals surface area contributed by atoms with Crippen LogP contribution in [0.5, 0.6) is 0 Å². The Morgan fingerprint density at radius 1 is 1.47 bits per heavy atom. The van der Waals surface area contributed by atoms with Crippen LogP contribution in [0.4, 0.5) is 0 Å². The van der Waals surface area contributed by atoms with E-state index in [-0.39, 0.29) is 11.5 Å². The molecule has 1 amide bonds. The van der Waals surface area contributed by atoms with Crippen molar-refractivity contribution < 1.29 is 14.7 Å². The average molecular weight is 260 g/mol. The predicted molar refractivity (Wildman–Crippen MR) is 65.8 cm³/mol.